The number of ketones is 1. The van der Waals surface area contributed by atoms with Gasteiger partial charge in [-0.3, -0.25) is 4.79 Å². The average Bonchev–Trinajstić information content (AvgIpc) is 3.02. The van der Waals surface area contributed by atoms with Crippen molar-refractivity contribution in [3.8, 4) is 5.75 Å². The Hall–Kier alpha value is -2.53. The Morgan fingerprint density at radius 3 is 2.28 bits per heavy atom. The average molecular weight is 354 g/mol. The van der Waals surface area contributed by atoms with Crippen LogP contribution in [0, 0.1) is 0 Å². The third-order valence-electron chi connectivity index (χ3n) is 4.06. The van der Waals surface area contributed by atoms with Gasteiger partial charge in [0.1, 0.15) is 11.5 Å². The zero-order valence-electron chi connectivity index (χ0n) is 14.1. The molecule has 0 radical (unpaired) electrons. The van der Waals surface area contributed by atoms with Gasteiger partial charge in [0, 0.05) is 17.7 Å². The van der Waals surface area contributed by atoms with E-state index in [2.05, 4.69) is 0 Å². The second-order valence-electron chi connectivity index (χ2n) is 5.57. The molecule has 2 aromatic carbocycles. The predicted molar refractivity (Wildman–Crippen MR) is 97.8 cm³/mol. The number of rotatable bonds is 5. The number of thioether (sulfide) groups is 1. The van der Waals surface area contributed by atoms with Crippen LogP contribution in [0.3, 0.4) is 0 Å². The minimum atomic E-state index is -0.441. The van der Waals surface area contributed by atoms with Crippen molar-refractivity contribution in [3.63, 3.8) is 0 Å². The molecule has 0 heterocycles. The minimum absolute atomic E-state index is 0.00861. The lowest BCUT2D eigenvalue weighted by molar-refractivity contribution is -0.113. The van der Waals surface area contributed by atoms with Crippen LogP contribution >= 0.6 is 11.8 Å². The molecule has 0 unspecified atom stereocenters. The van der Waals surface area contributed by atoms with Crippen molar-refractivity contribution in [1.82, 2.24) is 0 Å². The summed E-state index contributed by atoms with van der Waals surface area (Å²) in [5, 5.41) is 0. The van der Waals surface area contributed by atoms with E-state index in [-0.39, 0.29) is 5.78 Å². The summed E-state index contributed by atoms with van der Waals surface area (Å²) in [7, 11) is 1.59. The number of benzene rings is 2. The van der Waals surface area contributed by atoms with Gasteiger partial charge in [-0.1, -0.05) is 12.1 Å². The van der Waals surface area contributed by atoms with Gasteiger partial charge in [0.05, 0.1) is 18.2 Å². The van der Waals surface area contributed by atoms with Crippen molar-refractivity contribution in [1.29, 1.82) is 0 Å². The highest BCUT2D eigenvalue weighted by Gasteiger charge is 2.27. The third kappa shape index (κ3) is 3.77. The van der Waals surface area contributed by atoms with E-state index in [1.807, 2.05) is 18.4 Å². The van der Waals surface area contributed by atoms with Crippen LogP contribution in [-0.2, 0) is 9.53 Å². The summed E-state index contributed by atoms with van der Waals surface area (Å²) in [5.41, 5.74) is 1.69. The van der Waals surface area contributed by atoms with Crippen LogP contribution in [0.1, 0.15) is 28.8 Å². The van der Waals surface area contributed by atoms with Crippen LogP contribution in [0.5, 0.6) is 5.75 Å². The van der Waals surface area contributed by atoms with Gasteiger partial charge in [-0.25, -0.2) is 4.79 Å². The highest BCUT2D eigenvalue weighted by atomic mass is 32.2. The zero-order chi connectivity index (χ0) is 17.8. The van der Waals surface area contributed by atoms with Crippen molar-refractivity contribution in [3.05, 3.63) is 65.4 Å². The summed E-state index contributed by atoms with van der Waals surface area (Å²) in [4.78, 5) is 25.7. The van der Waals surface area contributed by atoms with Gasteiger partial charge >= 0.3 is 5.97 Å². The van der Waals surface area contributed by atoms with E-state index in [1.54, 1.807) is 55.3 Å². The molecule has 25 heavy (non-hydrogen) atoms. The van der Waals surface area contributed by atoms with Crippen LogP contribution in [0.25, 0.3) is 5.57 Å². The lowest BCUT2D eigenvalue weighted by Crippen LogP contribution is -2.05. The molecule has 3 rings (SSSR count). The molecule has 0 fully saturated rings. The molecule has 128 valence electrons. The fourth-order valence-electron chi connectivity index (χ4n) is 2.71. The topological polar surface area (TPSA) is 52.6 Å². The second kappa shape index (κ2) is 7.57. The number of hydrogen-bond acceptors (Lipinski definition) is 5. The Kier molecular flexibility index (Phi) is 5.24. The number of methoxy groups -OCH3 is 1. The quantitative estimate of drug-likeness (QED) is 0.590. The molecule has 2 aromatic rings. The number of esters is 1. The van der Waals surface area contributed by atoms with Gasteiger partial charge in [-0.2, -0.15) is 0 Å². The highest BCUT2D eigenvalue weighted by Crippen LogP contribution is 2.33. The lowest BCUT2D eigenvalue weighted by atomic mass is 10.0. The number of carbonyl (C=O) groups excluding carboxylic acids is 2. The smallest absolute Gasteiger partial charge is 0.343 e. The standard InChI is InChI=1S/C20H18O4S/c1-23-15-7-3-13(4-8-15)19-17(21)11-12-18(19)24-20(22)14-5-9-16(25-2)10-6-14/h3-10H,11-12H2,1-2H3. The first-order valence-electron chi connectivity index (χ1n) is 7.89. The number of allylic oxidation sites excluding steroid dienone is 2. The number of hydrogen-bond donors (Lipinski definition) is 0. The molecular formula is C20H18O4S. The van der Waals surface area contributed by atoms with Gasteiger partial charge < -0.3 is 9.47 Å². The van der Waals surface area contributed by atoms with E-state index in [1.165, 1.54) is 0 Å². The normalized spacial score (nSPS) is 13.9. The largest absolute Gasteiger partial charge is 0.497 e. The summed E-state index contributed by atoms with van der Waals surface area (Å²) >= 11 is 1.61. The van der Waals surface area contributed by atoms with E-state index in [0.29, 0.717) is 35.5 Å². The summed E-state index contributed by atoms with van der Waals surface area (Å²) in [5.74, 6) is 0.699. The second-order valence-corrected chi connectivity index (χ2v) is 6.45. The molecule has 1 aliphatic rings. The van der Waals surface area contributed by atoms with E-state index in [0.717, 1.165) is 10.5 Å². The van der Waals surface area contributed by atoms with Gasteiger partial charge in [0.2, 0.25) is 0 Å². The molecule has 4 nitrogen and oxygen atoms in total. The van der Waals surface area contributed by atoms with Crippen molar-refractivity contribution in [2.75, 3.05) is 13.4 Å². The predicted octanol–water partition coefficient (Wildman–Crippen LogP) is 4.35. The monoisotopic (exact) mass is 354 g/mol. The van der Waals surface area contributed by atoms with E-state index >= 15 is 0 Å². The molecule has 0 spiro atoms. The van der Waals surface area contributed by atoms with Crippen molar-refractivity contribution in [2.45, 2.75) is 17.7 Å². The first-order chi connectivity index (χ1) is 12.1. The van der Waals surface area contributed by atoms with Crippen LogP contribution < -0.4 is 4.74 Å². The van der Waals surface area contributed by atoms with Crippen LogP contribution in [0.15, 0.2) is 59.2 Å². The van der Waals surface area contributed by atoms with E-state index in [4.69, 9.17) is 9.47 Å². The maximum atomic E-state index is 12.4. The first-order valence-corrected chi connectivity index (χ1v) is 9.12. The van der Waals surface area contributed by atoms with Gasteiger partial charge in [0.15, 0.2) is 5.78 Å². The van der Waals surface area contributed by atoms with E-state index < -0.39 is 5.97 Å². The molecular weight excluding hydrogens is 336 g/mol. The fourth-order valence-corrected chi connectivity index (χ4v) is 3.12. The first kappa shape index (κ1) is 17.3. The molecule has 5 heteroatoms. The molecule has 0 bridgehead atoms. The van der Waals surface area contributed by atoms with Crippen LogP contribution in [-0.4, -0.2) is 25.1 Å². The molecule has 1 aliphatic carbocycles. The molecule has 0 N–H and O–H groups in total. The van der Waals surface area contributed by atoms with Gasteiger partial charge in [-0.15, -0.1) is 11.8 Å². The lowest BCUT2D eigenvalue weighted by Gasteiger charge is -2.09. The molecule has 0 atom stereocenters. The maximum absolute atomic E-state index is 12.4. The number of ether oxygens (including phenoxy) is 2. The van der Waals surface area contributed by atoms with Gasteiger partial charge in [-0.05, 0) is 48.2 Å². The fraction of sp³-hybridized carbons (Fsp3) is 0.200. The highest BCUT2D eigenvalue weighted by molar-refractivity contribution is 7.98. The number of Topliss-reactive ketones (excluding diaryl/α,β-unsaturated/α-hetero) is 1. The Morgan fingerprint density at radius 1 is 1.00 bits per heavy atom. The van der Waals surface area contributed by atoms with Crippen molar-refractivity contribution < 1.29 is 19.1 Å². The minimum Gasteiger partial charge on any atom is -0.497 e. The summed E-state index contributed by atoms with van der Waals surface area (Å²) in [6.07, 6.45) is 2.77. The summed E-state index contributed by atoms with van der Waals surface area (Å²) in [6, 6.07) is 14.4. The van der Waals surface area contributed by atoms with Crippen LogP contribution in [0.2, 0.25) is 0 Å². The Morgan fingerprint density at radius 2 is 1.68 bits per heavy atom. The Balaban J connectivity index is 1.85. The van der Waals surface area contributed by atoms with Crippen LogP contribution in [0.4, 0.5) is 0 Å². The number of carbonyl (C=O) groups is 2. The Labute approximate surface area is 150 Å². The van der Waals surface area contributed by atoms with Crippen molar-refractivity contribution >= 4 is 29.1 Å². The van der Waals surface area contributed by atoms with Gasteiger partial charge in [0.25, 0.3) is 0 Å². The summed E-state index contributed by atoms with van der Waals surface area (Å²) < 4.78 is 10.7. The molecule has 0 saturated heterocycles. The van der Waals surface area contributed by atoms with Crippen molar-refractivity contribution in [2.24, 2.45) is 0 Å². The zero-order valence-corrected chi connectivity index (χ0v) is 14.9. The SMILES string of the molecule is COc1ccc(C2=C(OC(=O)c3ccc(SC)cc3)CCC2=O)cc1. The molecule has 0 saturated carbocycles. The van der Waals surface area contributed by atoms with E-state index in [9.17, 15) is 9.59 Å². The Bertz CT molecular complexity index is 820. The third-order valence-corrected chi connectivity index (χ3v) is 4.80. The molecule has 0 aromatic heterocycles. The molecule has 0 amide bonds. The molecule has 0 aliphatic heterocycles. The summed E-state index contributed by atoms with van der Waals surface area (Å²) in [6.45, 7) is 0. The maximum Gasteiger partial charge on any atom is 0.343 e.